The van der Waals surface area contributed by atoms with Crippen LogP contribution in [-0.4, -0.2) is 12.5 Å². The number of ether oxygens (including phenoxy) is 1. The first-order valence-corrected chi connectivity index (χ1v) is 9.18. The summed E-state index contributed by atoms with van der Waals surface area (Å²) in [6, 6.07) is 15.2. The van der Waals surface area contributed by atoms with Crippen molar-refractivity contribution in [2.24, 2.45) is 0 Å². The molecule has 5 nitrogen and oxygen atoms in total. The van der Waals surface area contributed by atoms with E-state index in [1.807, 2.05) is 49.4 Å². The minimum absolute atomic E-state index is 0.0637. The predicted molar refractivity (Wildman–Crippen MR) is 104 cm³/mol. The molecule has 1 atom stereocenters. The molecule has 1 unspecified atom stereocenters. The van der Waals surface area contributed by atoms with Gasteiger partial charge in [0.25, 0.3) is 0 Å². The lowest BCUT2D eigenvalue weighted by atomic mass is 9.98. The number of carbonyl (C=O) groups excluding carboxylic acids is 1. The summed E-state index contributed by atoms with van der Waals surface area (Å²) in [5, 5.41) is 4.11. The van der Waals surface area contributed by atoms with Gasteiger partial charge in [-0.2, -0.15) is 0 Å². The van der Waals surface area contributed by atoms with Gasteiger partial charge < -0.3 is 14.5 Å². The Kier molecular flexibility index (Phi) is 4.67. The van der Waals surface area contributed by atoms with Gasteiger partial charge in [0.05, 0.1) is 6.42 Å². The van der Waals surface area contributed by atoms with Gasteiger partial charge in [0.2, 0.25) is 0 Å². The summed E-state index contributed by atoms with van der Waals surface area (Å²) in [6.07, 6.45) is 1.17. The Bertz CT molecular complexity index is 1050. The van der Waals surface area contributed by atoms with Gasteiger partial charge in [-0.15, -0.1) is 0 Å². The molecule has 0 radical (unpaired) electrons. The molecule has 0 aliphatic carbocycles. The molecule has 4 rings (SSSR count). The highest BCUT2D eigenvalue weighted by atomic mass is 16.5. The van der Waals surface area contributed by atoms with E-state index in [-0.39, 0.29) is 18.5 Å². The van der Waals surface area contributed by atoms with E-state index in [4.69, 9.17) is 9.15 Å². The van der Waals surface area contributed by atoms with Crippen molar-refractivity contribution in [1.29, 1.82) is 0 Å². The maximum atomic E-state index is 12.4. The molecular weight excluding hydrogens is 342 g/mol. The Hall–Kier alpha value is -3.08. The molecule has 0 fully saturated rings. The third-order valence-electron chi connectivity index (χ3n) is 5.04. The van der Waals surface area contributed by atoms with Crippen LogP contribution in [0.3, 0.4) is 0 Å². The van der Waals surface area contributed by atoms with E-state index >= 15 is 0 Å². The van der Waals surface area contributed by atoms with Crippen molar-refractivity contribution in [3.05, 3.63) is 75.6 Å². The SMILES string of the molecule is CCc1ccc2c(COC(=O)CC3CNc4ccccc43)cc(=O)oc2c1. The van der Waals surface area contributed by atoms with Gasteiger partial charge in [-0.05, 0) is 29.7 Å². The molecule has 27 heavy (non-hydrogen) atoms. The normalized spacial score (nSPS) is 15.4. The average molecular weight is 363 g/mol. The van der Waals surface area contributed by atoms with Gasteiger partial charge >= 0.3 is 11.6 Å². The van der Waals surface area contributed by atoms with Crippen LogP contribution in [0.1, 0.15) is 36.0 Å². The maximum absolute atomic E-state index is 12.4. The molecule has 1 aromatic heterocycles. The number of aryl methyl sites for hydroxylation is 1. The van der Waals surface area contributed by atoms with E-state index in [0.717, 1.165) is 35.2 Å². The fourth-order valence-electron chi connectivity index (χ4n) is 3.57. The van der Waals surface area contributed by atoms with Crippen LogP contribution in [0.5, 0.6) is 0 Å². The Morgan fingerprint density at radius 1 is 1.22 bits per heavy atom. The number of hydrogen-bond donors (Lipinski definition) is 1. The van der Waals surface area contributed by atoms with E-state index in [9.17, 15) is 9.59 Å². The van der Waals surface area contributed by atoms with Crippen molar-refractivity contribution < 1.29 is 13.9 Å². The third-order valence-corrected chi connectivity index (χ3v) is 5.04. The molecule has 1 N–H and O–H groups in total. The number of hydrogen-bond acceptors (Lipinski definition) is 5. The van der Waals surface area contributed by atoms with Crippen LogP contribution in [-0.2, 0) is 22.6 Å². The van der Waals surface area contributed by atoms with Crippen molar-refractivity contribution in [3.8, 4) is 0 Å². The summed E-state index contributed by atoms with van der Waals surface area (Å²) in [4.78, 5) is 24.2. The summed E-state index contributed by atoms with van der Waals surface area (Å²) in [5.41, 5.74) is 4.08. The van der Waals surface area contributed by atoms with Gasteiger partial charge in [-0.3, -0.25) is 4.79 Å². The summed E-state index contributed by atoms with van der Waals surface area (Å²) >= 11 is 0. The topological polar surface area (TPSA) is 68.5 Å². The van der Waals surface area contributed by atoms with Crippen LogP contribution in [0.25, 0.3) is 11.0 Å². The van der Waals surface area contributed by atoms with Crippen molar-refractivity contribution in [3.63, 3.8) is 0 Å². The fourth-order valence-corrected chi connectivity index (χ4v) is 3.57. The molecule has 0 spiro atoms. The number of carbonyl (C=O) groups is 1. The fraction of sp³-hybridized carbons (Fsp3) is 0.273. The Morgan fingerprint density at radius 3 is 2.93 bits per heavy atom. The number of esters is 1. The van der Waals surface area contributed by atoms with Crippen LogP contribution in [0, 0.1) is 0 Å². The van der Waals surface area contributed by atoms with Crippen LogP contribution < -0.4 is 10.9 Å². The van der Waals surface area contributed by atoms with Crippen molar-refractivity contribution >= 4 is 22.6 Å². The minimum Gasteiger partial charge on any atom is -0.461 e. The molecule has 0 amide bonds. The molecular formula is C22H21NO4. The zero-order valence-corrected chi connectivity index (χ0v) is 15.2. The number of para-hydroxylation sites is 1. The number of benzene rings is 2. The summed E-state index contributed by atoms with van der Waals surface area (Å²) in [6.45, 7) is 2.83. The van der Waals surface area contributed by atoms with Gasteiger partial charge in [0, 0.05) is 35.2 Å². The molecule has 1 aliphatic rings. The van der Waals surface area contributed by atoms with Crippen LogP contribution >= 0.6 is 0 Å². The van der Waals surface area contributed by atoms with Crippen LogP contribution in [0.4, 0.5) is 5.69 Å². The third kappa shape index (κ3) is 3.58. The first-order valence-electron chi connectivity index (χ1n) is 9.18. The highest BCUT2D eigenvalue weighted by Crippen LogP contribution is 2.33. The van der Waals surface area contributed by atoms with Crippen LogP contribution in [0.15, 0.2) is 57.7 Å². The number of anilines is 1. The van der Waals surface area contributed by atoms with Gasteiger partial charge in [-0.25, -0.2) is 4.79 Å². The second kappa shape index (κ2) is 7.27. The van der Waals surface area contributed by atoms with Gasteiger partial charge in [-0.1, -0.05) is 37.3 Å². The Labute approximate surface area is 157 Å². The lowest BCUT2D eigenvalue weighted by Gasteiger charge is -2.11. The smallest absolute Gasteiger partial charge is 0.336 e. The standard InChI is InChI=1S/C22H21NO4/c1-2-14-7-8-18-16(11-22(25)27-20(18)9-14)13-26-21(24)10-15-12-23-19-6-4-3-5-17(15)19/h3-9,11,15,23H,2,10,12-13H2,1H3. The van der Waals surface area contributed by atoms with E-state index in [2.05, 4.69) is 5.32 Å². The second-order valence-corrected chi connectivity index (χ2v) is 6.80. The molecule has 0 saturated heterocycles. The summed E-state index contributed by atoms with van der Waals surface area (Å²) in [5.74, 6) is -0.163. The van der Waals surface area contributed by atoms with E-state index in [1.165, 1.54) is 6.07 Å². The Morgan fingerprint density at radius 2 is 2.07 bits per heavy atom. The quantitative estimate of drug-likeness (QED) is 0.548. The average Bonchev–Trinajstić information content (AvgIpc) is 3.08. The molecule has 138 valence electrons. The van der Waals surface area contributed by atoms with Gasteiger partial charge in [0.15, 0.2) is 0 Å². The highest BCUT2D eigenvalue weighted by molar-refractivity contribution is 5.81. The zero-order valence-electron chi connectivity index (χ0n) is 15.2. The van der Waals surface area contributed by atoms with E-state index < -0.39 is 5.63 Å². The molecule has 0 saturated carbocycles. The first kappa shape index (κ1) is 17.3. The number of nitrogens with one attached hydrogen (secondary N) is 1. The lowest BCUT2D eigenvalue weighted by Crippen LogP contribution is -2.13. The predicted octanol–water partition coefficient (Wildman–Crippen LogP) is 4.00. The summed E-state index contributed by atoms with van der Waals surface area (Å²) in [7, 11) is 0. The molecule has 5 heteroatoms. The molecule has 2 heterocycles. The lowest BCUT2D eigenvalue weighted by molar-refractivity contribution is -0.145. The highest BCUT2D eigenvalue weighted by Gasteiger charge is 2.24. The van der Waals surface area contributed by atoms with Crippen LogP contribution in [0.2, 0.25) is 0 Å². The maximum Gasteiger partial charge on any atom is 0.336 e. The Balaban J connectivity index is 1.47. The van der Waals surface area contributed by atoms with Crippen molar-refractivity contribution in [2.75, 3.05) is 11.9 Å². The number of fused-ring (bicyclic) bond motifs is 2. The molecule has 0 bridgehead atoms. The number of rotatable bonds is 5. The monoisotopic (exact) mass is 363 g/mol. The largest absolute Gasteiger partial charge is 0.461 e. The van der Waals surface area contributed by atoms with Gasteiger partial charge in [0.1, 0.15) is 12.2 Å². The second-order valence-electron chi connectivity index (χ2n) is 6.80. The van der Waals surface area contributed by atoms with Crippen molar-refractivity contribution in [1.82, 2.24) is 0 Å². The summed E-state index contributed by atoms with van der Waals surface area (Å²) < 4.78 is 10.8. The zero-order chi connectivity index (χ0) is 18.8. The van der Waals surface area contributed by atoms with E-state index in [0.29, 0.717) is 17.6 Å². The minimum atomic E-state index is -0.435. The molecule has 1 aliphatic heterocycles. The molecule has 3 aromatic rings. The molecule has 2 aromatic carbocycles. The van der Waals surface area contributed by atoms with Crippen molar-refractivity contribution in [2.45, 2.75) is 32.3 Å². The van der Waals surface area contributed by atoms with E-state index in [1.54, 1.807) is 0 Å². The first-order chi connectivity index (χ1) is 13.1.